The molecule has 0 spiro atoms. The standard InChI is InChI=1S/C11H12N4O/c1-8-5-3-4-6-9(8)11(16)13-10-7-12-15(2)14-10/h3-7H,1-2H3,(H,13,14,16). The Morgan fingerprint density at radius 1 is 1.38 bits per heavy atom. The summed E-state index contributed by atoms with van der Waals surface area (Å²) in [5.74, 6) is 0.286. The highest BCUT2D eigenvalue weighted by molar-refractivity contribution is 6.04. The van der Waals surface area contributed by atoms with Gasteiger partial charge < -0.3 is 5.32 Å². The van der Waals surface area contributed by atoms with E-state index >= 15 is 0 Å². The number of carbonyl (C=O) groups excluding carboxylic acids is 1. The van der Waals surface area contributed by atoms with Crippen LogP contribution in [0, 0.1) is 6.92 Å². The van der Waals surface area contributed by atoms with Gasteiger partial charge in [0.15, 0.2) is 5.82 Å². The van der Waals surface area contributed by atoms with Crippen molar-refractivity contribution in [1.82, 2.24) is 15.0 Å². The summed E-state index contributed by atoms with van der Waals surface area (Å²) in [6, 6.07) is 7.40. The Bertz CT molecular complexity index is 518. The molecule has 1 aromatic heterocycles. The maximum absolute atomic E-state index is 11.9. The highest BCUT2D eigenvalue weighted by Gasteiger charge is 2.09. The average Bonchev–Trinajstić information content (AvgIpc) is 2.64. The van der Waals surface area contributed by atoms with Crippen molar-refractivity contribution in [2.24, 2.45) is 7.05 Å². The summed E-state index contributed by atoms with van der Waals surface area (Å²) in [6.07, 6.45) is 1.51. The number of anilines is 1. The zero-order valence-corrected chi connectivity index (χ0v) is 9.14. The van der Waals surface area contributed by atoms with Gasteiger partial charge in [-0.05, 0) is 18.6 Å². The summed E-state index contributed by atoms with van der Waals surface area (Å²) in [7, 11) is 1.70. The zero-order valence-electron chi connectivity index (χ0n) is 9.14. The van der Waals surface area contributed by atoms with Gasteiger partial charge >= 0.3 is 0 Å². The van der Waals surface area contributed by atoms with Gasteiger partial charge in [-0.1, -0.05) is 18.2 Å². The van der Waals surface area contributed by atoms with Crippen molar-refractivity contribution < 1.29 is 4.79 Å². The highest BCUT2D eigenvalue weighted by Crippen LogP contribution is 2.09. The van der Waals surface area contributed by atoms with Crippen LogP contribution in [0.1, 0.15) is 15.9 Å². The van der Waals surface area contributed by atoms with Gasteiger partial charge in [0.1, 0.15) is 0 Å². The van der Waals surface area contributed by atoms with Crippen LogP contribution in [0.4, 0.5) is 5.82 Å². The van der Waals surface area contributed by atoms with Crippen LogP contribution < -0.4 is 5.32 Å². The summed E-state index contributed by atoms with van der Waals surface area (Å²) < 4.78 is 0. The van der Waals surface area contributed by atoms with E-state index in [9.17, 15) is 4.79 Å². The second-order valence-corrected chi connectivity index (χ2v) is 3.49. The number of amides is 1. The molecule has 1 heterocycles. The van der Waals surface area contributed by atoms with Gasteiger partial charge in [0.05, 0.1) is 6.20 Å². The zero-order chi connectivity index (χ0) is 11.5. The second kappa shape index (κ2) is 4.14. The molecule has 1 aromatic carbocycles. The number of benzene rings is 1. The van der Waals surface area contributed by atoms with Gasteiger partial charge in [-0.3, -0.25) is 4.79 Å². The van der Waals surface area contributed by atoms with Gasteiger partial charge in [-0.2, -0.15) is 9.90 Å². The van der Waals surface area contributed by atoms with E-state index in [1.54, 1.807) is 13.1 Å². The van der Waals surface area contributed by atoms with Gasteiger partial charge in [0, 0.05) is 12.6 Å². The molecule has 0 aliphatic carbocycles. The molecule has 0 aliphatic heterocycles. The molecule has 1 amide bonds. The molecular weight excluding hydrogens is 204 g/mol. The average molecular weight is 216 g/mol. The highest BCUT2D eigenvalue weighted by atomic mass is 16.1. The Morgan fingerprint density at radius 2 is 2.12 bits per heavy atom. The lowest BCUT2D eigenvalue weighted by Gasteiger charge is -2.04. The minimum Gasteiger partial charge on any atom is -0.304 e. The number of rotatable bonds is 2. The predicted molar refractivity (Wildman–Crippen MR) is 60.1 cm³/mol. The molecule has 0 aliphatic rings. The number of hydrogen-bond donors (Lipinski definition) is 1. The van der Waals surface area contributed by atoms with Gasteiger partial charge in [-0.15, -0.1) is 5.10 Å². The summed E-state index contributed by atoms with van der Waals surface area (Å²) in [6.45, 7) is 1.89. The van der Waals surface area contributed by atoms with Crippen molar-refractivity contribution in [3.8, 4) is 0 Å². The van der Waals surface area contributed by atoms with E-state index in [0.29, 0.717) is 11.4 Å². The molecule has 2 rings (SSSR count). The molecule has 5 nitrogen and oxygen atoms in total. The summed E-state index contributed by atoms with van der Waals surface area (Å²) in [4.78, 5) is 13.3. The third-order valence-corrected chi connectivity index (χ3v) is 2.23. The Labute approximate surface area is 93.1 Å². The van der Waals surface area contributed by atoms with Crippen molar-refractivity contribution in [1.29, 1.82) is 0 Å². The van der Waals surface area contributed by atoms with E-state index in [1.807, 2.05) is 25.1 Å². The Kier molecular flexibility index (Phi) is 2.68. The summed E-state index contributed by atoms with van der Waals surface area (Å²) in [5.41, 5.74) is 1.58. The molecule has 16 heavy (non-hydrogen) atoms. The van der Waals surface area contributed by atoms with Crippen LogP contribution in [0.2, 0.25) is 0 Å². The van der Waals surface area contributed by atoms with E-state index in [-0.39, 0.29) is 5.91 Å². The quantitative estimate of drug-likeness (QED) is 0.824. The largest absolute Gasteiger partial charge is 0.304 e. The van der Waals surface area contributed by atoms with Crippen LogP contribution in [0.25, 0.3) is 0 Å². The van der Waals surface area contributed by atoms with E-state index in [2.05, 4.69) is 15.5 Å². The summed E-state index contributed by atoms with van der Waals surface area (Å²) >= 11 is 0. The Balaban J connectivity index is 2.18. The molecular formula is C11H12N4O. The lowest BCUT2D eigenvalue weighted by atomic mass is 10.1. The topological polar surface area (TPSA) is 59.8 Å². The molecule has 0 saturated carbocycles. The van der Waals surface area contributed by atoms with E-state index < -0.39 is 0 Å². The van der Waals surface area contributed by atoms with Crippen molar-refractivity contribution in [2.45, 2.75) is 6.92 Å². The third kappa shape index (κ3) is 2.08. The third-order valence-electron chi connectivity index (χ3n) is 2.23. The monoisotopic (exact) mass is 216 g/mol. The van der Waals surface area contributed by atoms with Crippen molar-refractivity contribution in [3.05, 3.63) is 41.6 Å². The first-order valence-electron chi connectivity index (χ1n) is 4.90. The smallest absolute Gasteiger partial charge is 0.257 e. The fourth-order valence-corrected chi connectivity index (χ4v) is 1.41. The van der Waals surface area contributed by atoms with Crippen LogP contribution in [-0.2, 0) is 7.05 Å². The normalized spacial score (nSPS) is 10.1. The van der Waals surface area contributed by atoms with Crippen molar-refractivity contribution in [2.75, 3.05) is 5.32 Å². The molecule has 2 aromatic rings. The molecule has 0 unspecified atom stereocenters. The van der Waals surface area contributed by atoms with Gasteiger partial charge in [0.25, 0.3) is 5.91 Å². The minimum atomic E-state index is -0.168. The molecule has 0 atom stereocenters. The van der Waals surface area contributed by atoms with Crippen molar-refractivity contribution in [3.63, 3.8) is 0 Å². The number of aryl methyl sites for hydroxylation is 2. The fraction of sp³-hybridized carbons (Fsp3) is 0.182. The first kappa shape index (κ1) is 10.4. The molecule has 0 saturated heterocycles. The molecule has 0 bridgehead atoms. The van der Waals surface area contributed by atoms with Crippen LogP contribution in [0.3, 0.4) is 0 Å². The fourth-order valence-electron chi connectivity index (χ4n) is 1.41. The molecule has 82 valence electrons. The molecule has 0 fully saturated rings. The van der Waals surface area contributed by atoms with Crippen LogP contribution in [0.5, 0.6) is 0 Å². The van der Waals surface area contributed by atoms with Crippen LogP contribution in [-0.4, -0.2) is 20.9 Å². The van der Waals surface area contributed by atoms with Crippen LogP contribution >= 0.6 is 0 Å². The minimum absolute atomic E-state index is 0.168. The Morgan fingerprint density at radius 3 is 2.75 bits per heavy atom. The molecule has 0 radical (unpaired) electrons. The number of hydrogen-bond acceptors (Lipinski definition) is 3. The van der Waals surface area contributed by atoms with Crippen molar-refractivity contribution >= 4 is 11.7 Å². The first-order chi connectivity index (χ1) is 7.66. The number of carbonyl (C=O) groups is 1. The second-order valence-electron chi connectivity index (χ2n) is 3.49. The van der Waals surface area contributed by atoms with E-state index in [0.717, 1.165) is 5.56 Å². The molecule has 1 N–H and O–H groups in total. The maximum atomic E-state index is 11.9. The SMILES string of the molecule is Cc1ccccc1C(=O)Nc1cnn(C)n1. The summed E-state index contributed by atoms with van der Waals surface area (Å²) in [5, 5.41) is 10.5. The maximum Gasteiger partial charge on any atom is 0.257 e. The Hall–Kier alpha value is -2.17. The van der Waals surface area contributed by atoms with Gasteiger partial charge in [0.2, 0.25) is 0 Å². The predicted octanol–water partition coefficient (Wildman–Crippen LogP) is 1.38. The molecule has 5 heteroatoms. The van der Waals surface area contributed by atoms with Gasteiger partial charge in [-0.25, -0.2) is 0 Å². The van der Waals surface area contributed by atoms with E-state index in [1.165, 1.54) is 11.0 Å². The van der Waals surface area contributed by atoms with Crippen LogP contribution in [0.15, 0.2) is 30.5 Å². The lowest BCUT2D eigenvalue weighted by molar-refractivity contribution is 0.102. The number of aromatic nitrogens is 3. The first-order valence-corrected chi connectivity index (χ1v) is 4.90. The lowest BCUT2D eigenvalue weighted by Crippen LogP contribution is -2.13. The van der Waals surface area contributed by atoms with E-state index in [4.69, 9.17) is 0 Å². The number of nitrogens with one attached hydrogen (secondary N) is 1. The number of nitrogens with zero attached hydrogens (tertiary/aromatic N) is 3.